The maximum Gasteiger partial charge on any atom is 0.306 e. The molecule has 0 aromatic carbocycles. The molecule has 2 unspecified atom stereocenters. The van der Waals surface area contributed by atoms with E-state index < -0.39 is 5.97 Å². The van der Waals surface area contributed by atoms with E-state index in [4.69, 9.17) is 9.63 Å². The van der Waals surface area contributed by atoms with Crippen LogP contribution in [0.2, 0.25) is 0 Å². The number of nitrogens with one attached hydrogen (secondary N) is 1. The van der Waals surface area contributed by atoms with Crippen molar-refractivity contribution in [1.82, 2.24) is 20.4 Å². The van der Waals surface area contributed by atoms with Crippen LogP contribution >= 0.6 is 0 Å². The molecule has 0 saturated carbocycles. The molecule has 0 radical (unpaired) electrons. The number of rotatable bonds is 2. The summed E-state index contributed by atoms with van der Waals surface area (Å²) in [6.07, 6.45) is 4.24. The number of aliphatic carboxylic acids is 1. The zero-order chi connectivity index (χ0) is 12.5. The van der Waals surface area contributed by atoms with Crippen molar-refractivity contribution in [2.45, 2.75) is 18.9 Å². The number of carbonyl (C=O) groups is 1. The van der Waals surface area contributed by atoms with Crippen LogP contribution in [-0.4, -0.2) is 32.7 Å². The van der Waals surface area contributed by atoms with Gasteiger partial charge in [-0.1, -0.05) is 5.16 Å². The van der Waals surface area contributed by atoms with Crippen LogP contribution in [0.15, 0.2) is 16.9 Å². The van der Waals surface area contributed by atoms with Gasteiger partial charge in [0.25, 0.3) is 0 Å². The van der Waals surface area contributed by atoms with Crippen LogP contribution in [0.5, 0.6) is 0 Å². The average Bonchev–Trinajstić information content (AvgIpc) is 2.86. The number of hydrogen-bond acceptors (Lipinski definition) is 6. The third-order valence-corrected chi connectivity index (χ3v) is 3.19. The first-order chi connectivity index (χ1) is 8.74. The lowest BCUT2D eigenvalue weighted by Crippen LogP contribution is -2.35. The highest BCUT2D eigenvalue weighted by molar-refractivity contribution is 5.70. The molecule has 0 bridgehead atoms. The van der Waals surface area contributed by atoms with Gasteiger partial charge in [0, 0.05) is 0 Å². The SMILES string of the molecule is O=C(O)C1CCNC(c2ncc3oncc3n2)C1. The largest absolute Gasteiger partial charge is 0.481 e. The minimum absolute atomic E-state index is 0.126. The maximum absolute atomic E-state index is 11.0. The monoisotopic (exact) mass is 248 g/mol. The molecule has 1 fully saturated rings. The van der Waals surface area contributed by atoms with Crippen molar-refractivity contribution in [2.24, 2.45) is 5.92 Å². The molecule has 1 aliphatic heterocycles. The Morgan fingerprint density at radius 3 is 3.22 bits per heavy atom. The van der Waals surface area contributed by atoms with Crippen molar-refractivity contribution in [3.63, 3.8) is 0 Å². The van der Waals surface area contributed by atoms with Gasteiger partial charge in [-0.15, -0.1) is 0 Å². The van der Waals surface area contributed by atoms with Gasteiger partial charge in [0.1, 0.15) is 11.3 Å². The third kappa shape index (κ3) is 1.92. The molecular formula is C11H12N4O3. The van der Waals surface area contributed by atoms with E-state index in [1.165, 1.54) is 6.20 Å². The molecule has 0 aliphatic carbocycles. The van der Waals surface area contributed by atoms with Gasteiger partial charge < -0.3 is 14.9 Å². The fraction of sp³-hybridized carbons (Fsp3) is 0.455. The molecule has 3 rings (SSSR count). The van der Waals surface area contributed by atoms with Gasteiger partial charge in [-0.3, -0.25) is 4.79 Å². The fourth-order valence-corrected chi connectivity index (χ4v) is 2.20. The number of carboxylic acid groups (broad SMARTS) is 1. The Kier molecular flexibility index (Phi) is 2.67. The Bertz CT molecular complexity index is 582. The quantitative estimate of drug-likeness (QED) is 0.808. The van der Waals surface area contributed by atoms with Gasteiger partial charge in [-0.25, -0.2) is 9.97 Å². The first-order valence-corrected chi connectivity index (χ1v) is 5.77. The fourth-order valence-electron chi connectivity index (χ4n) is 2.20. The smallest absolute Gasteiger partial charge is 0.306 e. The lowest BCUT2D eigenvalue weighted by molar-refractivity contribution is -0.143. The van der Waals surface area contributed by atoms with E-state index in [0.29, 0.717) is 36.3 Å². The average molecular weight is 248 g/mol. The van der Waals surface area contributed by atoms with Crippen molar-refractivity contribution >= 4 is 17.1 Å². The highest BCUT2D eigenvalue weighted by Gasteiger charge is 2.29. The molecule has 2 atom stereocenters. The summed E-state index contributed by atoms with van der Waals surface area (Å²) in [6.45, 7) is 0.659. The third-order valence-electron chi connectivity index (χ3n) is 3.19. The summed E-state index contributed by atoms with van der Waals surface area (Å²) in [5.41, 5.74) is 1.17. The Hall–Kier alpha value is -2.02. The first-order valence-electron chi connectivity index (χ1n) is 5.77. The maximum atomic E-state index is 11.0. The van der Waals surface area contributed by atoms with Gasteiger partial charge in [0.05, 0.1) is 24.4 Å². The summed E-state index contributed by atoms with van der Waals surface area (Å²) >= 11 is 0. The van der Waals surface area contributed by atoms with Gasteiger partial charge >= 0.3 is 5.97 Å². The predicted molar refractivity (Wildman–Crippen MR) is 60.7 cm³/mol. The van der Waals surface area contributed by atoms with E-state index in [1.54, 1.807) is 6.20 Å². The van der Waals surface area contributed by atoms with Crippen LogP contribution in [0.3, 0.4) is 0 Å². The Morgan fingerprint density at radius 1 is 1.50 bits per heavy atom. The summed E-state index contributed by atoms with van der Waals surface area (Å²) < 4.78 is 4.93. The summed E-state index contributed by atoms with van der Waals surface area (Å²) in [6, 6.07) is -0.126. The molecular weight excluding hydrogens is 236 g/mol. The van der Waals surface area contributed by atoms with Crippen molar-refractivity contribution in [3.05, 3.63) is 18.2 Å². The summed E-state index contributed by atoms with van der Waals surface area (Å²) in [5, 5.41) is 15.9. The Balaban J connectivity index is 1.86. The molecule has 2 aromatic heterocycles. The zero-order valence-corrected chi connectivity index (χ0v) is 9.54. The first kappa shape index (κ1) is 11.1. The summed E-state index contributed by atoms with van der Waals surface area (Å²) in [5.74, 6) is -0.498. The second-order valence-corrected chi connectivity index (χ2v) is 4.37. The van der Waals surface area contributed by atoms with Gasteiger partial charge in [-0.2, -0.15) is 0 Å². The highest BCUT2D eigenvalue weighted by Crippen LogP contribution is 2.26. The van der Waals surface area contributed by atoms with E-state index in [1.807, 2.05) is 0 Å². The van der Waals surface area contributed by atoms with Crippen molar-refractivity contribution in [3.8, 4) is 0 Å². The minimum Gasteiger partial charge on any atom is -0.481 e. The summed E-state index contributed by atoms with van der Waals surface area (Å²) in [7, 11) is 0. The normalized spacial score (nSPS) is 24.2. The molecule has 0 amide bonds. The van der Waals surface area contributed by atoms with E-state index in [2.05, 4.69) is 20.4 Å². The lowest BCUT2D eigenvalue weighted by atomic mass is 9.92. The van der Waals surface area contributed by atoms with Gasteiger partial charge in [0.2, 0.25) is 5.58 Å². The van der Waals surface area contributed by atoms with Crippen molar-refractivity contribution in [1.29, 1.82) is 0 Å². The minimum atomic E-state index is -0.757. The predicted octanol–water partition coefficient (Wildman–Crippen LogP) is 0.743. The molecule has 2 aromatic rings. The topological polar surface area (TPSA) is 101 Å². The number of carboxylic acids is 1. The van der Waals surface area contributed by atoms with Crippen molar-refractivity contribution in [2.75, 3.05) is 6.54 Å². The number of hydrogen-bond donors (Lipinski definition) is 2. The van der Waals surface area contributed by atoms with E-state index in [-0.39, 0.29) is 12.0 Å². The van der Waals surface area contributed by atoms with E-state index in [9.17, 15) is 4.79 Å². The Labute approximate surface area is 102 Å². The molecule has 0 spiro atoms. The van der Waals surface area contributed by atoms with Crippen LogP contribution in [-0.2, 0) is 4.79 Å². The van der Waals surface area contributed by atoms with Crippen molar-refractivity contribution < 1.29 is 14.4 Å². The second kappa shape index (κ2) is 4.34. The van der Waals surface area contributed by atoms with Crippen LogP contribution in [0, 0.1) is 5.92 Å². The van der Waals surface area contributed by atoms with Gasteiger partial charge in [0.15, 0.2) is 0 Å². The number of fused-ring (bicyclic) bond motifs is 1. The molecule has 1 saturated heterocycles. The molecule has 7 heteroatoms. The molecule has 2 N–H and O–H groups in total. The summed E-state index contributed by atoms with van der Waals surface area (Å²) in [4.78, 5) is 19.5. The van der Waals surface area contributed by atoms with Crippen LogP contribution in [0.1, 0.15) is 24.7 Å². The van der Waals surface area contributed by atoms with Crippen LogP contribution in [0.25, 0.3) is 11.1 Å². The molecule has 18 heavy (non-hydrogen) atoms. The van der Waals surface area contributed by atoms with Crippen LogP contribution in [0.4, 0.5) is 0 Å². The zero-order valence-electron chi connectivity index (χ0n) is 9.54. The molecule has 7 nitrogen and oxygen atoms in total. The molecule has 1 aliphatic rings. The second-order valence-electron chi connectivity index (χ2n) is 4.37. The number of aromatic nitrogens is 3. The Morgan fingerprint density at radius 2 is 2.39 bits per heavy atom. The number of nitrogens with zero attached hydrogens (tertiary/aromatic N) is 3. The molecule has 94 valence electrons. The van der Waals surface area contributed by atoms with Gasteiger partial charge in [-0.05, 0) is 19.4 Å². The van der Waals surface area contributed by atoms with E-state index >= 15 is 0 Å². The van der Waals surface area contributed by atoms with E-state index in [0.717, 1.165) is 0 Å². The number of piperidine rings is 1. The lowest BCUT2D eigenvalue weighted by Gasteiger charge is -2.26. The molecule has 3 heterocycles. The van der Waals surface area contributed by atoms with Crippen LogP contribution < -0.4 is 5.32 Å². The standard InChI is InChI=1S/C11H12N4O3/c16-11(17)6-1-2-12-7(3-6)10-13-5-9-8(15-10)4-14-18-9/h4-7,12H,1-3H2,(H,16,17). The highest BCUT2D eigenvalue weighted by atomic mass is 16.5.